The fourth-order valence-corrected chi connectivity index (χ4v) is 2.75. The first-order chi connectivity index (χ1) is 10.1. The number of hydrogen-bond acceptors (Lipinski definition) is 3. The molecule has 4 heteroatoms. The van der Waals surface area contributed by atoms with E-state index in [4.69, 9.17) is 10.5 Å². The number of para-hydroxylation sites is 1. The summed E-state index contributed by atoms with van der Waals surface area (Å²) in [5.41, 5.74) is 10.4. The molecule has 1 heterocycles. The molecule has 0 aromatic heterocycles. The Morgan fingerprint density at radius 3 is 2.81 bits per heavy atom. The monoisotopic (exact) mass is 282 g/mol. The van der Waals surface area contributed by atoms with Crippen LogP contribution in [0.15, 0.2) is 36.4 Å². The van der Waals surface area contributed by atoms with Gasteiger partial charge in [-0.1, -0.05) is 18.2 Å². The molecule has 0 fully saturated rings. The highest BCUT2D eigenvalue weighted by Crippen LogP contribution is 2.34. The zero-order valence-electron chi connectivity index (χ0n) is 12.2. The van der Waals surface area contributed by atoms with Crippen LogP contribution in [0.4, 0.5) is 11.4 Å². The van der Waals surface area contributed by atoms with E-state index in [9.17, 15) is 4.79 Å². The molecule has 1 aliphatic rings. The lowest BCUT2D eigenvalue weighted by Gasteiger charge is -2.19. The van der Waals surface area contributed by atoms with Crippen LogP contribution in [0, 0.1) is 6.92 Å². The third kappa shape index (κ3) is 2.23. The van der Waals surface area contributed by atoms with Gasteiger partial charge < -0.3 is 15.4 Å². The van der Waals surface area contributed by atoms with Gasteiger partial charge in [0.15, 0.2) is 0 Å². The fourth-order valence-electron chi connectivity index (χ4n) is 2.75. The van der Waals surface area contributed by atoms with Crippen molar-refractivity contribution in [3.8, 4) is 5.75 Å². The Morgan fingerprint density at radius 1 is 1.29 bits per heavy atom. The first-order valence-corrected chi connectivity index (χ1v) is 6.95. The maximum atomic E-state index is 12.8. The lowest BCUT2D eigenvalue weighted by Crippen LogP contribution is -2.29. The first kappa shape index (κ1) is 13.5. The van der Waals surface area contributed by atoms with Crippen molar-refractivity contribution < 1.29 is 9.53 Å². The average Bonchev–Trinajstić information content (AvgIpc) is 2.89. The second-order valence-corrected chi connectivity index (χ2v) is 5.24. The van der Waals surface area contributed by atoms with E-state index in [1.807, 2.05) is 25.1 Å². The molecule has 1 aliphatic heterocycles. The summed E-state index contributed by atoms with van der Waals surface area (Å²) in [6.45, 7) is 2.66. The van der Waals surface area contributed by atoms with Gasteiger partial charge in [0.1, 0.15) is 5.75 Å². The number of nitrogens with two attached hydrogens (primary N) is 1. The molecular formula is C17H18N2O2. The van der Waals surface area contributed by atoms with Gasteiger partial charge in [0.25, 0.3) is 5.91 Å². The molecule has 0 spiro atoms. The van der Waals surface area contributed by atoms with E-state index in [-0.39, 0.29) is 5.91 Å². The molecule has 0 saturated carbocycles. The number of rotatable bonds is 2. The zero-order chi connectivity index (χ0) is 15.0. The number of nitrogen functional groups attached to an aromatic ring is 1. The van der Waals surface area contributed by atoms with Gasteiger partial charge in [-0.05, 0) is 42.7 Å². The Bertz CT molecular complexity index is 710. The summed E-state index contributed by atoms with van der Waals surface area (Å²) in [4.78, 5) is 14.6. The van der Waals surface area contributed by atoms with E-state index < -0.39 is 0 Å². The Labute approximate surface area is 124 Å². The average molecular weight is 282 g/mol. The van der Waals surface area contributed by atoms with Gasteiger partial charge in [0.2, 0.25) is 0 Å². The maximum Gasteiger partial charge on any atom is 0.262 e. The molecule has 0 radical (unpaired) electrons. The highest BCUT2D eigenvalue weighted by Gasteiger charge is 2.27. The van der Waals surface area contributed by atoms with Crippen molar-refractivity contribution in [1.29, 1.82) is 0 Å². The van der Waals surface area contributed by atoms with E-state index >= 15 is 0 Å². The topological polar surface area (TPSA) is 55.6 Å². The van der Waals surface area contributed by atoms with Gasteiger partial charge in [-0.25, -0.2) is 0 Å². The van der Waals surface area contributed by atoms with Crippen LogP contribution < -0.4 is 15.4 Å². The highest BCUT2D eigenvalue weighted by molar-refractivity contribution is 6.09. The van der Waals surface area contributed by atoms with Crippen LogP contribution in [0.3, 0.4) is 0 Å². The van der Waals surface area contributed by atoms with Crippen LogP contribution in [-0.2, 0) is 6.42 Å². The van der Waals surface area contributed by atoms with Crippen LogP contribution in [0.1, 0.15) is 21.5 Å². The quantitative estimate of drug-likeness (QED) is 0.862. The Hall–Kier alpha value is -2.49. The predicted octanol–water partition coefficient (Wildman–Crippen LogP) is 2.79. The number of carbonyl (C=O) groups excluding carboxylic acids is 1. The van der Waals surface area contributed by atoms with Gasteiger partial charge in [-0.2, -0.15) is 0 Å². The van der Waals surface area contributed by atoms with E-state index in [2.05, 4.69) is 6.07 Å². The zero-order valence-corrected chi connectivity index (χ0v) is 12.2. The molecule has 0 unspecified atom stereocenters. The van der Waals surface area contributed by atoms with Gasteiger partial charge in [0, 0.05) is 17.9 Å². The summed E-state index contributed by atoms with van der Waals surface area (Å²) in [6, 6.07) is 11.3. The first-order valence-electron chi connectivity index (χ1n) is 6.95. The molecule has 0 aliphatic carbocycles. The van der Waals surface area contributed by atoms with Crippen molar-refractivity contribution in [3.63, 3.8) is 0 Å². The number of carbonyl (C=O) groups is 1. The van der Waals surface area contributed by atoms with E-state index in [1.54, 1.807) is 24.1 Å². The molecule has 2 aromatic carbocycles. The number of benzene rings is 2. The summed E-state index contributed by atoms with van der Waals surface area (Å²) in [5.74, 6) is 0.547. The third-order valence-corrected chi connectivity index (χ3v) is 3.95. The Morgan fingerprint density at radius 2 is 2.05 bits per heavy atom. The Balaban J connectivity index is 2.01. The molecule has 21 heavy (non-hydrogen) atoms. The number of methoxy groups -OCH3 is 1. The summed E-state index contributed by atoms with van der Waals surface area (Å²) in [6.07, 6.45) is 0.858. The lowest BCUT2D eigenvalue weighted by atomic mass is 10.1. The highest BCUT2D eigenvalue weighted by atomic mass is 16.5. The predicted molar refractivity (Wildman–Crippen MR) is 84.0 cm³/mol. The van der Waals surface area contributed by atoms with E-state index in [1.165, 1.54) is 5.56 Å². The van der Waals surface area contributed by atoms with Gasteiger partial charge >= 0.3 is 0 Å². The van der Waals surface area contributed by atoms with Crippen LogP contribution in [-0.4, -0.2) is 19.6 Å². The van der Waals surface area contributed by atoms with Crippen molar-refractivity contribution in [3.05, 3.63) is 53.1 Å². The van der Waals surface area contributed by atoms with Crippen LogP contribution in [0.2, 0.25) is 0 Å². The van der Waals surface area contributed by atoms with Gasteiger partial charge in [-0.15, -0.1) is 0 Å². The second kappa shape index (κ2) is 5.13. The minimum atomic E-state index is -0.0468. The molecule has 3 rings (SSSR count). The van der Waals surface area contributed by atoms with Crippen molar-refractivity contribution >= 4 is 17.3 Å². The van der Waals surface area contributed by atoms with Crippen LogP contribution >= 0.6 is 0 Å². The number of aryl methyl sites for hydroxylation is 1. The lowest BCUT2D eigenvalue weighted by molar-refractivity contribution is 0.0986. The fraction of sp³-hybridized carbons (Fsp3) is 0.235. The molecule has 4 nitrogen and oxygen atoms in total. The molecular weight excluding hydrogens is 264 g/mol. The normalized spacial score (nSPS) is 13.1. The van der Waals surface area contributed by atoms with Gasteiger partial charge in [-0.3, -0.25) is 4.79 Å². The standard InChI is InChI=1S/C17H18N2O2/c1-11-9-12-7-8-19(15(12)10-14(11)18)17(20)13-5-3-4-6-16(13)21-2/h3-6,9-10H,7-8,18H2,1-2H3. The number of hydrogen-bond donors (Lipinski definition) is 1. The summed E-state index contributed by atoms with van der Waals surface area (Å²) >= 11 is 0. The van der Waals surface area contributed by atoms with E-state index in [0.717, 1.165) is 17.7 Å². The van der Waals surface area contributed by atoms with Crippen LogP contribution in [0.25, 0.3) is 0 Å². The van der Waals surface area contributed by atoms with Crippen LogP contribution in [0.5, 0.6) is 5.75 Å². The smallest absolute Gasteiger partial charge is 0.262 e. The van der Waals surface area contributed by atoms with Crippen molar-refractivity contribution in [2.75, 3.05) is 24.3 Å². The third-order valence-electron chi connectivity index (χ3n) is 3.95. The van der Waals surface area contributed by atoms with Crippen molar-refractivity contribution in [2.24, 2.45) is 0 Å². The molecule has 0 saturated heterocycles. The van der Waals surface area contributed by atoms with Crippen molar-refractivity contribution in [2.45, 2.75) is 13.3 Å². The molecule has 2 N–H and O–H groups in total. The van der Waals surface area contributed by atoms with E-state index in [0.29, 0.717) is 23.5 Å². The molecule has 2 aromatic rings. The SMILES string of the molecule is COc1ccccc1C(=O)N1CCc2cc(C)c(N)cc21. The molecule has 0 bridgehead atoms. The maximum absolute atomic E-state index is 12.8. The largest absolute Gasteiger partial charge is 0.496 e. The summed E-state index contributed by atoms with van der Waals surface area (Å²) in [7, 11) is 1.57. The number of nitrogens with zero attached hydrogens (tertiary/aromatic N) is 1. The minimum absolute atomic E-state index is 0.0468. The van der Waals surface area contributed by atoms with Gasteiger partial charge in [0.05, 0.1) is 12.7 Å². The number of amides is 1. The number of ether oxygens (including phenoxy) is 1. The molecule has 108 valence electrons. The molecule has 0 atom stereocenters. The number of fused-ring (bicyclic) bond motifs is 1. The van der Waals surface area contributed by atoms with Crippen molar-refractivity contribution in [1.82, 2.24) is 0 Å². The second-order valence-electron chi connectivity index (χ2n) is 5.24. The number of anilines is 2. The molecule has 1 amide bonds. The summed E-state index contributed by atoms with van der Waals surface area (Å²) in [5, 5.41) is 0. The summed E-state index contributed by atoms with van der Waals surface area (Å²) < 4.78 is 5.28. The Kier molecular flexibility index (Phi) is 3.29. The minimum Gasteiger partial charge on any atom is -0.496 e.